The number of nitrogens with zero attached hydrogens (tertiary/aromatic N) is 1. The van der Waals surface area contributed by atoms with Crippen LogP contribution in [0, 0.1) is 0 Å². The summed E-state index contributed by atoms with van der Waals surface area (Å²) in [5, 5.41) is 3.56. The fourth-order valence-electron chi connectivity index (χ4n) is 3.81. The molecule has 0 spiro atoms. The Balaban J connectivity index is 1.87. The van der Waals surface area contributed by atoms with Gasteiger partial charge in [-0.1, -0.05) is 26.0 Å². The first-order valence-electron chi connectivity index (χ1n) is 9.89. The number of methoxy groups -OCH3 is 2. The molecule has 0 bridgehead atoms. The number of ether oxygens (including phenoxy) is 2. The highest BCUT2D eigenvalue weighted by Gasteiger charge is 2.25. The van der Waals surface area contributed by atoms with Gasteiger partial charge >= 0.3 is 0 Å². The molecule has 1 saturated heterocycles. The summed E-state index contributed by atoms with van der Waals surface area (Å²) in [4.78, 5) is 15.1. The number of benzene rings is 2. The fraction of sp³-hybridized carbons (Fsp3) is 0.435. The maximum Gasteiger partial charge on any atom is 0.253 e. The van der Waals surface area contributed by atoms with Crippen LogP contribution in [0.15, 0.2) is 42.5 Å². The van der Waals surface area contributed by atoms with E-state index >= 15 is 0 Å². The topological polar surface area (TPSA) is 50.8 Å². The summed E-state index contributed by atoms with van der Waals surface area (Å²) in [7, 11) is 3.29. The molecule has 2 aromatic carbocycles. The number of hydrogen-bond acceptors (Lipinski definition) is 4. The molecule has 3 rings (SSSR count). The van der Waals surface area contributed by atoms with E-state index in [1.54, 1.807) is 14.2 Å². The Morgan fingerprint density at radius 2 is 1.96 bits per heavy atom. The number of nitrogens with one attached hydrogen (secondary N) is 1. The largest absolute Gasteiger partial charge is 0.497 e. The van der Waals surface area contributed by atoms with E-state index in [1.165, 1.54) is 0 Å². The molecule has 1 heterocycles. The average Bonchev–Trinajstić information content (AvgIpc) is 2.72. The summed E-state index contributed by atoms with van der Waals surface area (Å²) >= 11 is 0. The van der Waals surface area contributed by atoms with E-state index in [2.05, 4.69) is 19.2 Å². The standard InChI is InChI=1S/C23H30N2O3/c1-16(2)24-19-8-6-12-25(15-19)23(26)18-10-11-22(28-4)21(14-18)17-7-5-9-20(13-17)27-3/h5,7,9-11,13-14,16,19,24H,6,8,12,15H2,1-4H3. The summed E-state index contributed by atoms with van der Waals surface area (Å²) in [5.41, 5.74) is 2.54. The smallest absolute Gasteiger partial charge is 0.253 e. The van der Waals surface area contributed by atoms with Crippen molar-refractivity contribution >= 4 is 5.91 Å². The van der Waals surface area contributed by atoms with E-state index in [4.69, 9.17) is 9.47 Å². The Hall–Kier alpha value is -2.53. The molecule has 1 N–H and O–H groups in total. The average molecular weight is 383 g/mol. The van der Waals surface area contributed by atoms with Crippen LogP contribution in [-0.4, -0.2) is 50.2 Å². The zero-order valence-corrected chi connectivity index (χ0v) is 17.2. The molecule has 2 aromatic rings. The summed E-state index contributed by atoms with van der Waals surface area (Å²) in [6, 6.07) is 14.2. The first kappa shape index (κ1) is 20.2. The van der Waals surface area contributed by atoms with E-state index in [9.17, 15) is 4.79 Å². The maximum absolute atomic E-state index is 13.2. The molecule has 1 aliphatic rings. The quantitative estimate of drug-likeness (QED) is 0.821. The Morgan fingerprint density at radius 1 is 1.14 bits per heavy atom. The lowest BCUT2D eigenvalue weighted by Crippen LogP contribution is -2.49. The summed E-state index contributed by atoms with van der Waals surface area (Å²) in [6.45, 7) is 5.84. The van der Waals surface area contributed by atoms with Crippen molar-refractivity contribution in [3.63, 3.8) is 0 Å². The molecule has 0 radical (unpaired) electrons. The molecule has 1 aliphatic heterocycles. The van der Waals surface area contributed by atoms with Crippen molar-refractivity contribution in [2.24, 2.45) is 0 Å². The van der Waals surface area contributed by atoms with E-state index in [-0.39, 0.29) is 5.91 Å². The lowest BCUT2D eigenvalue weighted by Gasteiger charge is -2.34. The minimum Gasteiger partial charge on any atom is -0.497 e. The second-order valence-electron chi connectivity index (χ2n) is 7.56. The first-order valence-corrected chi connectivity index (χ1v) is 9.89. The molecule has 1 fully saturated rings. The number of hydrogen-bond donors (Lipinski definition) is 1. The third kappa shape index (κ3) is 4.65. The van der Waals surface area contributed by atoms with Gasteiger partial charge in [0, 0.05) is 36.3 Å². The Kier molecular flexibility index (Phi) is 6.57. The third-order valence-corrected chi connectivity index (χ3v) is 5.10. The van der Waals surface area contributed by atoms with Gasteiger partial charge < -0.3 is 19.7 Å². The maximum atomic E-state index is 13.2. The van der Waals surface area contributed by atoms with E-state index in [1.807, 2.05) is 47.4 Å². The van der Waals surface area contributed by atoms with E-state index < -0.39 is 0 Å². The molecule has 28 heavy (non-hydrogen) atoms. The molecule has 1 amide bonds. The van der Waals surface area contributed by atoms with Gasteiger partial charge in [-0.05, 0) is 48.7 Å². The minimum absolute atomic E-state index is 0.0713. The molecule has 5 heteroatoms. The van der Waals surface area contributed by atoms with Crippen LogP contribution in [0.2, 0.25) is 0 Å². The van der Waals surface area contributed by atoms with Crippen molar-refractivity contribution in [2.75, 3.05) is 27.3 Å². The molecule has 0 saturated carbocycles. The van der Waals surface area contributed by atoms with Gasteiger partial charge in [-0.25, -0.2) is 0 Å². The SMILES string of the molecule is COc1cccc(-c2cc(C(=O)N3CCCC(NC(C)C)C3)ccc2OC)c1. The second kappa shape index (κ2) is 9.11. The van der Waals surface area contributed by atoms with Crippen molar-refractivity contribution in [2.45, 2.75) is 38.8 Å². The molecule has 1 unspecified atom stereocenters. The number of carbonyl (C=O) groups excluding carboxylic acids is 1. The van der Waals surface area contributed by atoms with Crippen LogP contribution in [0.4, 0.5) is 0 Å². The van der Waals surface area contributed by atoms with Crippen LogP contribution < -0.4 is 14.8 Å². The van der Waals surface area contributed by atoms with Crippen molar-refractivity contribution < 1.29 is 14.3 Å². The number of likely N-dealkylation sites (tertiary alicyclic amines) is 1. The predicted molar refractivity (Wildman–Crippen MR) is 112 cm³/mol. The molecule has 150 valence electrons. The fourth-order valence-corrected chi connectivity index (χ4v) is 3.81. The van der Waals surface area contributed by atoms with Crippen molar-refractivity contribution in [1.82, 2.24) is 10.2 Å². The predicted octanol–water partition coefficient (Wildman–Crippen LogP) is 3.97. The van der Waals surface area contributed by atoms with Gasteiger partial charge in [0.15, 0.2) is 0 Å². The van der Waals surface area contributed by atoms with Crippen molar-refractivity contribution in [3.8, 4) is 22.6 Å². The Bertz CT molecular complexity index is 819. The Morgan fingerprint density at radius 3 is 2.68 bits per heavy atom. The molecule has 1 atom stereocenters. The highest BCUT2D eigenvalue weighted by molar-refractivity contribution is 5.96. The van der Waals surface area contributed by atoms with Gasteiger partial charge in [0.1, 0.15) is 11.5 Å². The monoisotopic (exact) mass is 382 g/mol. The molecule has 0 aromatic heterocycles. The van der Waals surface area contributed by atoms with E-state index in [0.29, 0.717) is 17.6 Å². The van der Waals surface area contributed by atoms with Gasteiger partial charge in [-0.15, -0.1) is 0 Å². The molecule has 5 nitrogen and oxygen atoms in total. The minimum atomic E-state index is 0.0713. The zero-order valence-electron chi connectivity index (χ0n) is 17.2. The second-order valence-corrected chi connectivity index (χ2v) is 7.56. The third-order valence-electron chi connectivity index (χ3n) is 5.10. The van der Waals surface area contributed by atoms with Gasteiger partial charge in [0.25, 0.3) is 5.91 Å². The highest BCUT2D eigenvalue weighted by Crippen LogP contribution is 2.33. The number of carbonyl (C=O) groups is 1. The number of rotatable bonds is 6. The summed E-state index contributed by atoms with van der Waals surface area (Å²) < 4.78 is 10.9. The van der Waals surface area contributed by atoms with E-state index in [0.717, 1.165) is 48.6 Å². The zero-order chi connectivity index (χ0) is 20.1. The van der Waals surface area contributed by atoms with Crippen molar-refractivity contribution in [3.05, 3.63) is 48.0 Å². The lowest BCUT2D eigenvalue weighted by atomic mass is 9.99. The number of piperidine rings is 1. The van der Waals surface area contributed by atoms with Crippen LogP contribution in [0.5, 0.6) is 11.5 Å². The normalized spacial score (nSPS) is 16.9. The summed E-state index contributed by atoms with van der Waals surface area (Å²) in [6.07, 6.45) is 2.13. The van der Waals surface area contributed by atoms with Gasteiger partial charge in [-0.3, -0.25) is 4.79 Å². The first-order chi connectivity index (χ1) is 13.5. The number of amides is 1. The summed E-state index contributed by atoms with van der Waals surface area (Å²) in [5.74, 6) is 1.58. The van der Waals surface area contributed by atoms with Gasteiger partial charge in [0.2, 0.25) is 0 Å². The molecular weight excluding hydrogens is 352 g/mol. The van der Waals surface area contributed by atoms with Crippen LogP contribution in [0.25, 0.3) is 11.1 Å². The molecule has 0 aliphatic carbocycles. The Labute approximate surface area is 167 Å². The molecular formula is C23H30N2O3. The van der Waals surface area contributed by atoms with Crippen LogP contribution in [-0.2, 0) is 0 Å². The lowest BCUT2D eigenvalue weighted by molar-refractivity contribution is 0.0691. The van der Waals surface area contributed by atoms with Gasteiger partial charge in [-0.2, -0.15) is 0 Å². The van der Waals surface area contributed by atoms with Crippen LogP contribution in [0.1, 0.15) is 37.0 Å². The van der Waals surface area contributed by atoms with Crippen LogP contribution >= 0.6 is 0 Å². The van der Waals surface area contributed by atoms with Gasteiger partial charge in [0.05, 0.1) is 14.2 Å². The van der Waals surface area contributed by atoms with Crippen molar-refractivity contribution in [1.29, 1.82) is 0 Å². The highest BCUT2D eigenvalue weighted by atomic mass is 16.5. The van der Waals surface area contributed by atoms with Crippen LogP contribution in [0.3, 0.4) is 0 Å².